The van der Waals surface area contributed by atoms with Crippen molar-refractivity contribution in [3.8, 4) is 0 Å². The van der Waals surface area contributed by atoms with Gasteiger partial charge < -0.3 is 14.5 Å². The number of amides is 2. The Morgan fingerprint density at radius 2 is 1.89 bits per heavy atom. The minimum Gasteiger partial charge on any atom is -0.378 e. The van der Waals surface area contributed by atoms with Crippen LogP contribution >= 0.6 is 0 Å². The zero-order chi connectivity index (χ0) is 13.2. The van der Waals surface area contributed by atoms with Gasteiger partial charge in [-0.25, -0.2) is 4.79 Å². The molecule has 1 unspecified atom stereocenters. The topological polar surface area (TPSA) is 32.8 Å². The van der Waals surface area contributed by atoms with Gasteiger partial charge in [0.15, 0.2) is 0 Å². The fourth-order valence-corrected chi connectivity index (χ4v) is 2.87. The molecule has 19 heavy (non-hydrogen) atoms. The molecule has 0 bridgehead atoms. The summed E-state index contributed by atoms with van der Waals surface area (Å²) in [7, 11) is 0. The van der Waals surface area contributed by atoms with Crippen molar-refractivity contribution in [2.75, 3.05) is 26.3 Å². The van der Waals surface area contributed by atoms with Gasteiger partial charge in [0.05, 0.1) is 13.2 Å². The van der Waals surface area contributed by atoms with Crippen LogP contribution < -0.4 is 0 Å². The van der Waals surface area contributed by atoms with Gasteiger partial charge in [-0.15, -0.1) is 0 Å². The van der Waals surface area contributed by atoms with Crippen molar-refractivity contribution in [2.45, 2.75) is 25.9 Å². The Kier molecular flexibility index (Phi) is 3.42. The number of ether oxygens (including phenoxy) is 1. The summed E-state index contributed by atoms with van der Waals surface area (Å²) in [5.41, 5.74) is 2.66. The molecule has 2 amide bonds. The number of nitrogens with zero attached hydrogens (tertiary/aromatic N) is 2. The maximum atomic E-state index is 12.6. The number of carbonyl (C=O) groups excluding carboxylic acids is 1. The van der Waals surface area contributed by atoms with Gasteiger partial charge in [-0.3, -0.25) is 0 Å². The second kappa shape index (κ2) is 5.21. The fraction of sp³-hybridized carbons (Fsp3) is 0.533. The number of carbonyl (C=O) groups is 1. The van der Waals surface area contributed by atoms with Crippen molar-refractivity contribution in [3.63, 3.8) is 0 Å². The quantitative estimate of drug-likeness (QED) is 0.713. The lowest BCUT2D eigenvalue weighted by atomic mass is 9.95. The Balaban J connectivity index is 1.76. The van der Waals surface area contributed by atoms with E-state index >= 15 is 0 Å². The number of hydrogen-bond donors (Lipinski definition) is 0. The highest BCUT2D eigenvalue weighted by molar-refractivity contribution is 5.75. The van der Waals surface area contributed by atoms with Crippen LogP contribution in [0.5, 0.6) is 0 Å². The maximum Gasteiger partial charge on any atom is 0.320 e. The third-order valence-corrected chi connectivity index (χ3v) is 4.03. The van der Waals surface area contributed by atoms with E-state index < -0.39 is 0 Å². The zero-order valence-electron chi connectivity index (χ0n) is 11.3. The number of rotatable bonds is 0. The van der Waals surface area contributed by atoms with Crippen molar-refractivity contribution in [1.29, 1.82) is 0 Å². The molecule has 1 aromatic carbocycles. The van der Waals surface area contributed by atoms with Gasteiger partial charge in [0.1, 0.15) is 0 Å². The largest absolute Gasteiger partial charge is 0.378 e. The molecule has 0 spiro atoms. The van der Waals surface area contributed by atoms with E-state index in [-0.39, 0.29) is 12.1 Å². The number of hydrogen-bond acceptors (Lipinski definition) is 2. The van der Waals surface area contributed by atoms with Gasteiger partial charge >= 0.3 is 6.03 Å². The number of morpholine rings is 1. The molecule has 1 saturated heterocycles. The van der Waals surface area contributed by atoms with Crippen molar-refractivity contribution in [3.05, 3.63) is 35.4 Å². The minimum atomic E-state index is 0.158. The summed E-state index contributed by atoms with van der Waals surface area (Å²) in [5, 5.41) is 0. The van der Waals surface area contributed by atoms with E-state index in [9.17, 15) is 4.79 Å². The van der Waals surface area contributed by atoms with E-state index in [1.165, 1.54) is 11.1 Å². The second-order valence-electron chi connectivity index (χ2n) is 5.33. The fourth-order valence-electron chi connectivity index (χ4n) is 2.87. The average molecular weight is 260 g/mol. The van der Waals surface area contributed by atoms with Crippen LogP contribution in [0.4, 0.5) is 4.79 Å². The maximum absolute atomic E-state index is 12.6. The van der Waals surface area contributed by atoms with Gasteiger partial charge in [-0.1, -0.05) is 24.3 Å². The molecule has 102 valence electrons. The summed E-state index contributed by atoms with van der Waals surface area (Å²) < 4.78 is 5.31. The summed E-state index contributed by atoms with van der Waals surface area (Å²) in [6.45, 7) is 5.60. The van der Waals surface area contributed by atoms with E-state index in [2.05, 4.69) is 25.1 Å². The third-order valence-electron chi connectivity index (χ3n) is 4.03. The van der Waals surface area contributed by atoms with Gasteiger partial charge in [-0.2, -0.15) is 0 Å². The molecular formula is C15H20N2O2. The smallest absolute Gasteiger partial charge is 0.320 e. The van der Waals surface area contributed by atoms with E-state index in [0.717, 1.165) is 13.0 Å². The Morgan fingerprint density at radius 3 is 2.63 bits per heavy atom. The SMILES string of the molecule is CC1Cc2ccccc2CN1C(=O)N1CCOCC1. The Bertz CT molecular complexity index is 469. The molecule has 0 radical (unpaired) electrons. The molecule has 1 atom stereocenters. The van der Waals surface area contributed by atoms with Crippen molar-refractivity contribution in [2.24, 2.45) is 0 Å². The van der Waals surface area contributed by atoms with Crippen LogP contribution in [0.3, 0.4) is 0 Å². The normalized spacial score (nSPS) is 23.1. The summed E-state index contributed by atoms with van der Waals surface area (Å²) >= 11 is 0. The van der Waals surface area contributed by atoms with Gasteiger partial charge in [0.2, 0.25) is 0 Å². The highest BCUT2D eigenvalue weighted by Crippen LogP contribution is 2.24. The van der Waals surface area contributed by atoms with E-state index in [0.29, 0.717) is 26.3 Å². The first-order valence-electron chi connectivity index (χ1n) is 6.96. The summed E-state index contributed by atoms with van der Waals surface area (Å²) in [4.78, 5) is 16.5. The highest BCUT2D eigenvalue weighted by atomic mass is 16.5. The molecule has 4 heteroatoms. The average Bonchev–Trinajstić information content (AvgIpc) is 2.47. The van der Waals surface area contributed by atoms with Crippen LogP contribution in [0.1, 0.15) is 18.1 Å². The first-order chi connectivity index (χ1) is 9.25. The van der Waals surface area contributed by atoms with Crippen molar-refractivity contribution >= 4 is 6.03 Å². The molecule has 1 fully saturated rings. The Hall–Kier alpha value is -1.55. The third kappa shape index (κ3) is 2.45. The molecule has 2 aliphatic rings. The van der Waals surface area contributed by atoms with E-state index in [1.807, 2.05) is 15.9 Å². The molecule has 3 rings (SSSR count). The molecule has 0 aliphatic carbocycles. The first kappa shape index (κ1) is 12.5. The first-order valence-corrected chi connectivity index (χ1v) is 6.96. The minimum absolute atomic E-state index is 0.158. The lowest BCUT2D eigenvalue weighted by molar-refractivity contribution is 0.0379. The predicted molar refractivity (Wildman–Crippen MR) is 72.9 cm³/mol. The van der Waals surface area contributed by atoms with Crippen LogP contribution in [0.15, 0.2) is 24.3 Å². The molecule has 0 aromatic heterocycles. The van der Waals surface area contributed by atoms with Gasteiger partial charge in [0, 0.05) is 25.7 Å². The zero-order valence-corrected chi connectivity index (χ0v) is 11.3. The second-order valence-corrected chi connectivity index (χ2v) is 5.33. The number of benzene rings is 1. The van der Waals surface area contributed by atoms with Crippen LogP contribution in [0.2, 0.25) is 0 Å². The number of urea groups is 1. The predicted octanol–water partition coefficient (Wildman–Crippen LogP) is 1.89. The van der Waals surface area contributed by atoms with Crippen LogP contribution in [0.25, 0.3) is 0 Å². The Labute approximate surface area is 113 Å². The molecule has 4 nitrogen and oxygen atoms in total. The number of fused-ring (bicyclic) bond motifs is 1. The van der Waals surface area contributed by atoms with Crippen LogP contribution in [-0.2, 0) is 17.7 Å². The molecular weight excluding hydrogens is 240 g/mol. The summed E-state index contributed by atoms with van der Waals surface area (Å²) in [6.07, 6.45) is 0.951. The molecule has 0 saturated carbocycles. The lowest BCUT2D eigenvalue weighted by Gasteiger charge is -2.39. The van der Waals surface area contributed by atoms with Crippen LogP contribution in [-0.4, -0.2) is 48.2 Å². The van der Waals surface area contributed by atoms with Crippen LogP contribution in [0, 0.1) is 0 Å². The summed E-state index contributed by atoms with van der Waals surface area (Å²) in [5.74, 6) is 0. The monoisotopic (exact) mass is 260 g/mol. The van der Waals surface area contributed by atoms with E-state index in [4.69, 9.17) is 4.74 Å². The molecule has 1 aromatic rings. The van der Waals surface area contributed by atoms with Gasteiger partial charge in [-0.05, 0) is 24.5 Å². The molecule has 2 heterocycles. The lowest BCUT2D eigenvalue weighted by Crippen LogP contribution is -2.52. The molecule has 2 aliphatic heterocycles. The standard InChI is InChI=1S/C15H20N2O2/c1-12-10-13-4-2-3-5-14(13)11-17(12)15(18)16-6-8-19-9-7-16/h2-5,12H,6-11H2,1H3. The summed E-state index contributed by atoms with van der Waals surface area (Å²) in [6, 6.07) is 8.84. The molecule has 0 N–H and O–H groups in total. The van der Waals surface area contributed by atoms with Crippen molar-refractivity contribution in [1.82, 2.24) is 9.80 Å². The van der Waals surface area contributed by atoms with Crippen molar-refractivity contribution < 1.29 is 9.53 Å². The van der Waals surface area contributed by atoms with E-state index in [1.54, 1.807) is 0 Å². The highest BCUT2D eigenvalue weighted by Gasteiger charge is 2.30. The van der Waals surface area contributed by atoms with Gasteiger partial charge in [0.25, 0.3) is 0 Å². The Morgan fingerprint density at radius 1 is 1.21 bits per heavy atom.